The van der Waals surface area contributed by atoms with Crippen LogP contribution in [-0.4, -0.2) is 48.0 Å². The summed E-state index contributed by atoms with van der Waals surface area (Å²) in [5, 5.41) is 0. The van der Waals surface area contributed by atoms with Crippen LogP contribution in [0.3, 0.4) is 0 Å². The maximum atomic E-state index is 12.9. The number of benzene rings is 2. The van der Waals surface area contributed by atoms with E-state index in [0.29, 0.717) is 43.9 Å². The molecule has 1 saturated heterocycles. The average molecular weight is 399 g/mol. The number of carbonyl (C=O) groups excluding carboxylic acids is 2. The molecule has 150 valence electrons. The molecule has 0 spiro atoms. The van der Waals surface area contributed by atoms with E-state index in [0.717, 1.165) is 33.5 Å². The number of hydrogen-bond acceptors (Lipinski definition) is 4. The number of ether oxygens (including phenoxy) is 1. The maximum Gasteiger partial charge on any atom is 0.254 e. The Bertz CT molecular complexity index is 1150. The topological polar surface area (TPSA) is 85.5 Å². The van der Waals surface area contributed by atoms with Gasteiger partial charge in [0, 0.05) is 36.0 Å². The highest BCUT2D eigenvalue weighted by Gasteiger charge is 2.26. The van der Waals surface area contributed by atoms with Crippen molar-refractivity contribution in [3.63, 3.8) is 0 Å². The summed E-state index contributed by atoms with van der Waals surface area (Å²) in [6, 6.07) is 15.3. The number of primary amides is 1. The largest absolute Gasteiger partial charge is 0.378 e. The van der Waals surface area contributed by atoms with Crippen LogP contribution in [0.2, 0.25) is 0 Å². The zero-order valence-corrected chi connectivity index (χ0v) is 16.4. The molecule has 1 aliphatic carbocycles. The molecule has 2 amide bonds. The lowest BCUT2D eigenvalue weighted by Crippen LogP contribution is -2.40. The molecule has 0 saturated carbocycles. The lowest BCUT2D eigenvalue weighted by Gasteiger charge is -2.27. The Morgan fingerprint density at radius 3 is 2.57 bits per heavy atom. The third kappa shape index (κ3) is 3.15. The number of aromatic nitrogens is 1. The van der Waals surface area contributed by atoms with Gasteiger partial charge in [-0.05, 0) is 65.1 Å². The minimum absolute atomic E-state index is 0.0151. The second-order valence-electron chi connectivity index (χ2n) is 7.58. The standard InChI is InChI=1S/C24H21N3O3/c25-23(28)21-14-17(22-3-1-2-6-26-22)13-19-18-5-4-15(11-16(18)12-20(19)21)24(29)27-7-9-30-10-8-27/h1-6,11,13-14H,7-10,12H2,(H2,25,28). The smallest absolute Gasteiger partial charge is 0.254 e. The molecule has 30 heavy (non-hydrogen) atoms. The maximum absolute atomic E-state index is 12.9. The first kappa shape index (κ1) is 18.5. The van der Waals surface area contributed by atoms with Crippen molar-refractivity contribution in [2.45, 2.75) is 6.42 Å². The van der Waals surface area contributed by atoms with E-state index in [2.05, 4.69) is 11.1 Å². The van der Waals surface area contributed by atoms with Gasteiger partial charge >= 0.3 is 0 Å². The molecule has 0 atom stereocenters. The fraction of sp³-hybridized carbons (Fsp3) is 0.208. The molecule has 1 aliphatic heterocycles. The Morgan fingerprint density at radius 2 is 1.83 bits per heavy atom. The SMILES string of the molecule is NC(=O)c1cc(-c2ccccn2)cc2c1Cc1cc(C(=O)N3CCOCC3)ccc1-2. The van der Waals surface area contributed by atoms with Crippen LogP contribution < -0.4 is 5.73 Å². The molecule has 2 aliphatic rings. The molecule has 3 aromatic rings. The lowest BCUT2D eigenvalue weighted by atomic mass is 9.95. The van der Waals surface area contributed by atoms with E-state index in [1.165, 1.54) is 0 Å². The van der Waals surface area contributed by atoms with Crippen molar-refractivity contribution in [1.82, 2.24) is 9.88 Å². The van der Waals surface area contributed by atoms with Crippen LogP contribution in [0.25, 0.3) is 22.4 Å². The molecule has 2 N–H and O–H groups in total. The van der Waals surface area contributed by atoms with Gasteiger partial charge in [0.05, 0.1) is 18.9 Å². The third-order valence-electron chi connectivity index (χ3n) is 5.78. The number of nitrogens with zero attached hydrogens (tertiary/aromatic N) is 2. The van der Waals surface area contributed by atoms with Crippen LogP contribution in [0.15, 0.2) is 54.7 Å². The van der Waals surface area contributed by atoms with Gasteiger partial charge in [-0.1, -0.05) is 12.1 Å². The van der Waals surface area contributed by atoms with Gasteiger partial charge in [-0.25, -0.2) is 0 Å². The van der Waals surface area contributed by atoms with Crippen molar-refractivity contribution in [1.29, 1.82) is 0 Å². The third-order valence-corrected chi connectivity index (χ3v) is 5.78. The predicted molar refractivity (Wildman–Crippen MR) is 113 cm³/mol. The Morgan fingerprint density at radius 1 is 1.00 bits per heavy atom. The van der Waals surface area contributed by atoms with Gasteiger partial charge in [-0.2, -0.15) is 0 Å². The number of rotatable bonds is 3. The Labute approximate surface area is 174 Å². The van der Waals surface area contributed by atoms with Crippen molar-refractivity contribution in [3.8, 4) is 22.4 Å². The molecule has 6 nitrogen and oxygen atoms in total. The summed E-state index contributed by atoms with van der Waals surface area (Å²) in [5.74, 6) is -0.442. The van der Waals surface area contributed by atoms with E-state index >= 15 is 0 Å². The summed E-state index contributed by atoms with van der Waals surface area (Å²) in [5.41, 5.74) is 12.5. The van der Waals surface area contributed by atoms with E-state index in [1.54, 1.807) is 6.20 Å². The van der Waals surface area contributed by atoms with E-state index in [1.807, 2.05) is 47.4 Å². The van der Waals surface area contributed by atoms with E-state index in [-0.39, 0.29) is 5.91 Å². The number of hydrogen-bond donors (Lipinski definition) is 1. The highest BCUT2D eigenvalue weighted by molar-refractivity contribution is 6.01. The van der Waals surface area contributed by atoms with Crippen LogP contribution in [0.5, 0.6) is 0 Å². The quantitative estimate of drug-likeness (QED) is 0.574. The fourth-order valence-corrected chi connectivity index (χ4v) is 4.28. The zero-order valence-electron chi connectivity index (χ0n) is 16.4. The molecule has 1 aromatic heterocycles. The minimum atomic E-state index is -0.457. The fourth-order valence-electron chi connectivity index (χ4n) is 4.28. The van der Waals surface area contributed by atoms with Gasteiger partial charge in [0.2, 0.25) is 5.91 Å². The Balaban J connectivity index is 1.56. The highest BCUT2D eigenvalue weighted by Crippen LogP contribution is 2.41. The molecular formula is C24H21N3O3. The van der Waals surface area contributed by atoms with Gasteiger partial charge in [0.15, 0.2) is 0 Å². The summed E-state index contributed by atoms with van der Waals surface area (Å²) < 4.78 is 5.34. The van der Waals surface area contributed by atoms with Gasteiger partial charge in [-0.15, -0.1) is 0 Å². The summed E-state index contributed by atoms with van der Waals surface area (Å²) in [7, 11) is 0. The number of fused-ring (bicyclic) bond motifs is 3. The number of amides is 2. The van der Waals surface area contributed by atoms with Crippen molar-refractivity contribution < 1.29 is 14.3 Å². The van der Waals surface area contributed by atoms with Crippen LogP contribution in [0.1, 0.15) is 31.8 Å². The molecule has 2 heterocycles. The molecule has 5 rings (SSSR count). The second-order valence-corrected chi connectivity index (χ2v) is 7.58. The first-order chi connectivity index (χ1) is 14.6. The van der Waals surface area contributed by atoms with Crippen molar-refractivity contribution >= 4 is 11.8 Å². The number of pyridine rings is 1. The molecule has 0 unspecified atom stereocenters. The van der Waals surface area contributed by atoms with Crippen LogP contribution in [-0.2, 0) is 11.2 Å². The van der Waals surface area contributed by atoms with E-state index in [9.17, 15) is 9.59 Å². The average Bonchev–Trinajstić information content (AvgIpc) is 3.16. The molecule has 0 radical (unpaired) electrons. The minimum Gasteiger partial charge on any atom is -0.378 e. The number of nitrogens with two attached hydrogens (primary N) is 1. The number of carbonyl (C=O) groups is 2. The van der Waals surface area contributed by atoms with Crippen LogP contribution in [0.4, 0.5) is 0 Å². The Hall–Kier alpha value is -3.51. The summed E-state index contributed by atoms with van der Waals surface area (Å²) in [6.07, 6.45) is 2.31. The van der Waals surface area contributed by atoms with Crippen molar-refractivity contribution in [3.05, 3.63) is 77.0 Å². The Kier molecular flexibility index (Phi) is 4.56. The lowest BCUT2D eigenvalue weighted by molar-refractivity contribution is 0.0303. The molecular weight excluding hydrogens is 378 g/mol. The normalized spacial score (nSPS) is 14.9. The van der Waals surface area contributed by atoms with Gasteiger partial charge in [-0.3, -0.25) is 14.6 Å². The second kappa shape index (κ2) is 7.39. The zero-order chi connectivity index (χ0) is 20.7. The van der Waals surface area contributed by atoms with Gasteiger partial charge in [0.1, 0.15) is 0 Å². The van der Waals surface area contributed by atoms with Gasteiger partial charge in [0.25, 0.3) is 5.91 Å². The molecule has 6 heteroatoms. The summed E-state index contributed by atoms with van der Waals surface area (Å²) >= 11 is 0. The first-order valence-corrected chi connectivity index (χ1v) is 10.0. The van der Waals surface area contributed by atoms with Gasteiger partial charge < -0.3 is 15.4 Å². The van der Waals surface area contributed by atoms with Crippen LogP contribution in [0, 0.1) is 0 Å². The van der Waals surface area contributed by atoms with Crippen molar-refractivity contribution in [2.24, 2.45) is 5.73 Å². The molecule has 1 fully saturated rings. The highest BCUT2D eigenvalue weighted by atomic mass is 16.5. The van der Waals surface area contributed by atoms with Crippen LogP contribution >= 0.6 is 0 Å². The summed E-state index contributed by atoms with van der Waals surface area (Å²) in [4.78, 5) is 31.3. The first-order valence-electron chi connectivity index (χ1n) is 10.0. The monoisotopic (exact) mass is 399 g/mol. The molecule has 2 aromatic carbocycles. The predicted octanol–water partition coefficient (Wildman–Crippen LogP) is 2.89. The van der Waals surface area contributed by atoms with Crippen molar-refractivity contribution in [2.75, 3.05) is 26.3 Å². The van der Waals surface area contributed by atoms with E-state index < -0.39 is 5.91 Å². The molecule has 0 bridgehead atoms. The summed E-state index contributed by atoms with van der Waals surface area (Å²) in [6.45, 7) is 2.35. The number of morpholine rings is 1. The van der Waals surface area contributed by atoms with E-state index in [4.69, 9.17) is 10.5 Å².